The first kappa shape index (κ1) is 17.8. The van der Waals surface area contributed by atoms with Crippen molar-refractivity contribution < 1.29 is 14.3 Å². The molecule has 2 aromatic carbocycles. The number of ether oxygens (including phenoxy) is 2. The Morgan fingerprint density at radius 1 is 1.08 bits per heavy atom. The van der Waals surface area contributed by atoms with Gasteiger partial charge >= 0.3 is 0 Å². The van der Waals surface area contributed by atoms with Crippen molar-refractivity contribution in [3.05, 3.63) is 58.7 Å². The molecule has 0 saturated heterocycles. The van der Waals surface area contributed by atoms with Crippen LogP contribution in [0.5, 0.6) is 11.5 Å². The van der Waals surface area contributed by atoms with E-state index in [2.05, 4.69) is 5.32 Å². The van der Waals surface area contributed by atoms with E-state index >= 15 is 0 Å². The zero-order chi connectivity index (χ0) is 17.5. The van der Waals surface area contributed by atoms with Gasteiger partial charge in [-0.05, 0) is 41.3 Å². The third kappa shape index (κ3) is 4.49. The smallest absolute Gasteiger partial charge is 0.224 e. The van der Waals surface area contributed by atoms with Gasteiger partial charge in [-0.3, -0.25) is 4.79 Å². The highest BCUT2D eigenvalue weighted by atomic mass is 16.5. The number of rotatable bonds is 7. The number of benzene rings is 2. The Hall–Kier alpha value is -2.53. The van der Waals surface area contributed by atoms with Crippen molar-refractivity contribution in [2.75, 3.05) is 14.2 Å². The number of aryl methyl sites for hydroxylation is 1. The molecule has 2 rings (SSSR count). The molecular weight excluding hydrogens is 304 g/mol. The van der Waals surface area contributed by atoms with Gasteiger partial charge in [-0.25, -0.2) is 0 Å². The van der Waals surface area contributed by atoms with E-state index in [1.165, 1.54) is 0 Å². The molecule has 24 heavy (non-hydrogen) atoms. The second-order valence-electron chi connectivity index (χ2n) is 5.61. The SMILES string of the molecule is COc1cc(C)c(CC(=O)NCc2cccc(CN)c2)cc1OC. The minimum atomic E-state index is -0.0385. The van der Waals surface area contributed by atoms with Crippen LogP contribution in [0.1, 0.15) is 22.3 Å². The fourth-order valence-electron chi connectivity index (χ4n) is 2.52. The molecule has 2 aromatic rings. The Morgan fingerprint density at radius 3 is 2.42 bits per heavy atom. The Bertz CT molecular complexity index is 714. The van der Waals surface area contributed by atoms with Gasteiger partial charge in [0.1, 0.15) is 0 Å². The molecule has 0 heterocycles. The summed E-state index contributed by atoms with van der Waals surface area (Å²) in [5.41, 5.74) is 9.64. The molecule has 0 saturated carbocycles. The van der Waals surface area contributed by atoms with Gasteiger partial charge in [-0.15, -0.1) is 0 Å². The summed E-state index contributed by atoms with van der Waals surface area (Å²) < 4.78 is 10.6. The lowest BCUT2D eigenvalue weighted by atomic mass is 10.0. The monoisotopic (exact) mass is 328 g/mol. The van der Waals surface area contributed by atoms with Gasteiger partial charge in [-0.2, -0.15) is 0 Å². The molecule has 128 valence electrons. The fraction of sp³-hybridized carbons (Fsp3) is 0.316. The van der Waals surface area contributed by atoms with Crippen LogP contribution < -0.4 is 20.5 Å². The lowest BCUT2D eigenvalue weighted by Gasteiger charge is -2.13. The van der Waals surface area contributed by atoms with Crippen LogP contribution in [0.3, 0.4) is 0 Å². The van der Waals surface area contributed by atoms with Crippen LogP contribution in [0.25, 0.3) is 0 Å². The van der Waals surface area contributed by atoms with E-state index in [-0.39, 0.29) is 5.91 Å². The molecule has 3 N–H and O–H groups in total. The number of carbonyl (C=O) groups is 1. The largest absolute Gasteiger partial charge is 0.493 e. The number of nitrogens with one attached hydrogen (secondary N) is 1. The van der Waals surface area contributed by atoms with Crippen LogP contribution in [-0.4, -0.2) is 20.1 Å². The third-order valence-electron chi connectivity index (χ3n) is 3.91. The maximum atomic E-state index is 12.2. The minimum Gasteiger partial charge on any atom is -0.493 e. The highest BCUT2D eigenvalue weighted by Gasteiger charge is 2.11. The predicted molar refractivity (Wildman–Crippen MR) is 94.2 cm³/mol. The third-order valence-corrected chi connectivity index (χ3v) is 3.91. The lowest BCUT2D eigenvalue weighted by molar-refractivity contribution is -0.120. The fourth-order valence-corrected chi connectivity index (χ4v) is 2.52. The van der Waals surface area contributed by atoms with Gasteiger partial charge in [0.05, 0.1) is 20.6 Å². The van der Waals surface area contributed by atoms with Gasteiger partial charge in [0.15, 0.2) is 11.5 Å². The molecule has 0 radical (unpaired) electrons. The zero-order valence-corrected chi connectivity index (χ0v) is 14.4. The molecule has 0 atom stereocenters. The summed E-state index contributed by atoms with van der Waals surface area (Å²) in [6, 6.07) is 11.6. The van der Waals surface area contributed by atoms with Gasteiger partial charge < -0.3 is 20.5 Å². The topological polar surface area (TPSA) is 73.6 Å². The quantitative estimate of drug-likeness (QED) is 0.818. The van der Waals surface area contributed by atoms with Crippen molar-refractivity contribution in [2.24, 2.45) is 5.73 Å². The normalized spacial score (nSPS) is 10.3. The second-order valence-corrected chi connectivity index (χ2v) is 5.61. The molecule has 0 fully saturated rings. The first-order valence-electron chi connectivity index (χ1n) is 7.83. The molecule has 0 spiro atoms. The van der Waals surface area contributed by atoms with Crippen molar-refractivity contribution in [3.63, 3.8) is 0 Å². The number of hydrogen-bond acceptors (Lipinski definition) is 4. The van der Waals surface area contributed by atoms with Gasteiger partial charge in [0, 0.05) is 13.1 Å². The van der Waals surface area contributed by atoms with E-state index in [0.717, 1.165) is 22.3 Å². The molecule has 0 aliphatic rings. The van der Waals surface area contributed by atoms with Crippen LogP contribution in [-0.2, 0) is 24.3 Å². The lowest BCUT2D eigenvalue weighted by Crippen LogP contribution is -2.25. The molecule has 1 amide bonds. The van der Waals surface area contributed by atoms with Crippen LogP contribution in [0.15, 0.2) is 36.4 Å². The maximum Gasteiger partial charge on any atom is 0.224 e. The van der Waals surface area contributed by atoms with Crippen LogP contribution in [0.2, 0.25) is 0 Å². The van der Waals surface area contributed by atoms with Crippen molar-refractivity contribution in [1.82, 2.24) is 5.32 Å². The van der Waals surface area contributed by atoms with Crippen LogP contribution >= 0.6 is 0 Å². The first-order chi connectivity index (χ1) is 11.6. The summed E-state index contributed by atoms with van der Waals surface area (Å²) in [5.74, 6) is 1.25. The number of nitrogens with two attached hydrogens (primary N) is 1. The highest BCUT2D eigenvalue weighted by molar-refractivity contribution is 5.79. The Morgan fingerprint density at radius 2 is 1.75 bits per heavy atom. The molecule has 5 nitrogen and oxygen atoms in total. The average molecular weight is 328 g/mol. The minimum absolute atomic E-state index is 0.0385. The summed E-state index contributed by atoms with van der Waals surface area (Å²) in [6.07, 6.45) is 0.294. The zero-order valence-electron chi connectivity index (χ0n) is 14.4. The molecule has 0 bridgehead atoms. The van der Waals surface area contributed by atoms with Gasteiger partial charge in [-0.1, -0.05) is 24.3 Å². The van der Waals surface area contributed by atoms with Crippen molar-refractivity contribution in [2.45, 2.75) is 26.4 Å². The Kier molecular flexibility index (Phi) is 6.21. The molecule has 0 aliphatic carbocycles. The molecule has 0 aromatic heterocycles. The second kappa shape index (κ2) is 8.36. The molecule has 5 heteroatoms. The van der Waals surface area contributed by atoms with E-state index in [0.29, 0.717) is 31.0 Å². The standard InChI is InChI=1S/C19H24N2O3/c1-13-7-17(23-2)18(24-3)9-16(13)10-19(22)21-12-15-6-4-5-14(8-15)11-20/h4-9H,10-12,20H2,1-3H3,(H,21,22). The van der Waals surface area contributed by atoms with Gasteiger partial charge in [0.2, 0.25) is 5.91 Å². The first-order valence-corrected chi connectivity index (χ1v) is 7.83. The number of methoxy groups -OCH3 is 2. The summed E-state index contributed by atoms with van der Waals surface area (Å²) in [5, 5.41) is 2.94. The summed E-state index contributed by atoms with van der Waals surface area (Å²) in [4.78, 5) is 12.2. The predicted octanol–water partition coefficient (Wildman–Crippen LogP) is 2.33. The van der Waals surface area contributed by atoms with E-state index < -0.39 is 0 Å². The number of amides is 1. The Balaban J connectivity index is 2.01. The molecular formula is C19H24N2O3. The average Bonchev–Trinajstić information content (AvgIpc) is 2.61. The summed E-state index contributed by atoms with van der Waals surface area (Å²) in [7, 11) is 3.18. The maximum absolute atomic E-state index is 12.2. The summed E-state index contributed by atoms with van der Waals surface area (Å²) in [6.45, 7) is 2.93. The number of carbonyl (C=O) groups excluding carboxylic acids is 1. The summed E-state index contributed by atoms with van der Waals surface area (Å²) >= 11 is 0. The van der Waals surface area contributed by atoms with Crippen LogP contribution in [0.4, 0.5) is 0 Å². The van der Waals surface area contributed by atoms with E-state index in [1.54, 1.807) is 14.2 Å². The Labute approximate surface area is 142 Å². The van der Waals surface area contributed by atoms with Crippen molar-refractivity contribution in [3.8, 4) is 11.5 Å². The van der Waals surface area contributed by atoms with E-state index in [9.17, 15) is 4.79 Å². The van der Waals surface area contributed by atoms with Crippen molar-refractivity contribution >= 4 is 5.91 Å². The van der Waals surface area contributed by atoms with E-state index in [4.69, 9.17) is 15.2 Å². The van der Waals surface area contributed by atoms with E-state index in [1.807, 2.05) is 43.3 Å². The number of hydrogen-bond donors (Lipinski definition) is 2. The molecule has 0 unspecified atom stereocenters. The van der Waals surface area contributed by atoms with Gasteiger partial charge in [0.25, 0.3) is 0 Å². The van der Waals surface area contributed by atoms with Crippen LogP contribution in [0, 0.1) is 6.92 Å². The highest BCUT2D eigenvalue weighted by Crippen LogP contribution is 2.30. The molecule has 0 aliphatic heterocycles. The van der Waals surface area contributed by atoms with Crippen molar-refractivity contribution in [1.29, 1.82) is 0 Å².